The van der Waals surface area contributed by atoms with Crippen LogP contribution in [0.3, 0.4) is 0 Å². The maximum Gasteiger partial charge on any atom is 0.263 e. The number of halogens is 2. The molecular formula is C18H21F2N3O2S. The average molecular weight is 381 g/mol. The minimum Gasteiger partial charge on any atom is -0.366 e. The molecule has 0 saturated carbocycles. The molecule has 1 aliphatic heterocycles. The number of anilines is 1. The minimum absolute atomic E-state index is 0.0147. The molecule has 1 fully saturated rings. The molecule has 0 radical (unpaired) electrons. The van der Waals surface area contributed by atoms with Crippen molar-refractivity contribution in [2.24, 2.45) is 0 Å². The van der Waals surface area contributed by atoms with Crippen molar-refractivity contribution in [3.8, 4) is 0 Å². The molecule has 2 heterocycles. The summed E-state index contributed by atoms with van der Waals surface area (Å²) in [6.07, 6.45) is 1.71. The molecule has 140 valence electrons. The number of hydrogen-bond donors (Lipinski definition) is 1. The van der Waals surface area contributed by atoms with Gasteiger partial charge in [0.05, 0.1) is 0 Å². The molecule has 0 aliphatic carbocycles. The molecule has 3 rings (SSSR count). The van der Waals surface area contributed by atoms with Crippen molar-refractivity contribution >= 4 is 15.8 Å². The van der Waals surface area contributed by atoms with Crippen LogP contribution in [-0.2, 0) is 16.6 Å². The summed E-state index contributed by atoms with van der Waals surface area (Å²) in [4.78, 5) is 4.35. The first-order valence-corrected chi connectivity index (χ1v) is 9.98. The highest BCUT2D eigenvalue weighted by molar-refractivity contribution is 7.89. The third kappa shape index (κ3) is 4.37. The molecule has 0 unspecified atom stereocenters. The van der Waals surface area contributed by atoms with Crippen LogP contribution in [0.25, 0.3) is 0 Å². The first-order chi connectivity index (χ1) is 12.5. The molecule has 1 saturated heterocycles. The van der Waals surface area contributed by atoms with Gasteiger partial charge in [-0.05, 0) is 30.5 Å². The predicted molar refractivity (Wildman–Crippen MR) is 95.6 cm³/mol. The highest BCUT2D eigenvalue weighted by atomic mass is 32.2. The number of aromatic nitrogens is 1. The Hall–Kier alpha value is -2.06. The van der Waals surface area contributed by atoms with E-state index in [-0.39, 0.29) is 10.5 Å². The lowest BCUT2D eigenvalue weighted by Gasteiger charge is -2.25. The Balaban J connectivity index is 1.62. The van der Waals surface area contributed by atoms with Crippen LogP contribution >= 0.6 is 0 Å². The molecule has 8 heteroatoms. The molecule has 1 aliphatic rings. The van der Waals surface area contributed by atoms with Gasteiger partial charge in [0, 0.05) is 31.4 Å². The van der Waals surface area contributed by atoms with Crippen molar-refractivity contribution in [2.45, 2.75) is 37.1 Å². The van der Waals surface area contributed by atoms with Gasteiger partial charge >= 0.3 is 0 Å². The number of hydrogen-bond acceptors (Lipinski definition) is 4. The molecule has 1 N–H and O–H groups in total. The van der Waals surface area contributed by atoms with Crippen molar-refractivity contribution in [3.05, 3.63) is 53.7 Å². The van der Waals surface area contributed by atoms with Gasteiger partial charge in [0.15, 0.2) is 0 Å². The summed E-state index contributed by atoms with van der Waals surface area (Å²) in [6.45, 7) is 1.52. The fourth-order valence-electron chi connectivity index (χ4n) is 2.87. The van der Waals surface area contributed by atoms with E-state index in [0.29, 0.717) is 25.5 Å². The average Bonchev–Trinajstić information content (AvgIpc) is 2.67. The lowest BCUT2D eigenvalue weighted by Crippen LogP contribution is -2.35. The van der Waals surface area contributed by atoms with Gasteiger partial charge in [-0.3, -0.25) is 0 Å². The molecule has 5 nitrogen and oxygen atoms in total. The lowest BCUT2D eigenvalue weighted by atomic mass is 10.1. The molecular weight excluding hydrogens is 360 g/mol. The maximum absolute atomic E-state index is 12.6. The number of pyridine rings is 1. The van der Waals surface area contributed by atoms with E-state index in [9.17, 15) is 17.2 Å². The van der Waals surface area contributed by atoms with E-state index in [1.54, 1.807) is 24.3 Å². The number of nitrogens with zero attached hydrogens (tertiary/aromatic N) is 2. The number of alkyl halides is 2. The second-order valence-electron chi connectivity index (χ2n) is 6.24. The second-order valence-corrected chi connectivity index (χ2v) is 8.18. The van der Waals surface area contributed by atoms with Crippen LogP contribution in [0, 0.1) is 0 Å². The highest BCUT2D eigenvalue weighted by Gasteiger charge is 2.26. The van der Waals surface area contributed by atoms with Crippen LogP contribution in [0.4, 0.5) is 14.6 Å². The van der Waals surface area contributed by atoms with Gasteiger partial charge in [0.25, 0.3) is 6.43 Å². The van der Waals surface area contributed by atoms with Gasteiger partial charge in [-0.2, -0.15) is 4.31 Å². The first-order valence-electron chi connectivity index (χ1n) is 8.54. The fraction of sp³-hybridized carbons (Fsp3) is 0.389. The highest BCUT2D eigenvalue weighted by Crippen LogP contribution is 2.21. The Morgan fingerprint density at radius 3 is 2.31 bits per heavy atom. The van der Waals surface area contributed by atoms with E-state index in [2.05, 4.69) is 10.3 Å². The summed E-state index contributed by atoms with van der Waals surface area (Å²) in [5.41, 5.74) is 0.820. The van der Waals surface area contributed by atoms with Crippen molar-refractivity contribution in [2.75, 3.05) is 18.4 Å². The van der Waals surface area contributed by atoms with Crippen molar-refractivity contribution in [1.29, 1.82) is 0 Å². The standard InChI is InChI=1S/C18H21F2N3O2S/c19-18(20)15-6-4-14(5-7-15)12-21-17-9-8-16(13-22-17)26(24,25)23-10-2-1-3-11-23/h4-9,13,18H,1-3,10-12H2,(H,21,22). The summed E-state index contributed by atoms with van der Waals surface area (Å²) in [7, 11) is -3.49. The molecule has 26 heavy (non-hydrogen) atoms. The molecule has 2 aromatic rings. The van der Waals surface area contributed by atoms with Gasteiger partial charge in [0.1, 0.15) is 10.7 Å². The van der Waals surface area contributed by atoms with Gasteiger partial charge < -0.3 is 5.32 Å². The lowest BCUT2D eigenvalue weighted by molar-refractivity contribution is 0.151. The second kappa shape index (κ2) is 8.09. The monoisotopic (exact) mass is 381 g/mol. The van der Waals surface area contributed by atoms with Gasteiger partial charge in [0.2, 0.25) is 10.0 Å². The largest absolute Gasteiger partial charge is 0.366 e. The van der Waals surface area contributed by atoms with Gasteiger partial charge in [-0.25, -0.2) is 22.2 Å². The fourth-order valence-corrected chi connectivity index (χ4v) is 4.33. The Labute approximate surface area is 152 Å². The third-order valence-electron chi connectivity index (χ3n) is 4.39. The van der Waals surface area contributed by atoms with Crippen LogP contribution < -0.4 is 5.32 Å². The number of nitrogens with one attached hydrogen (secondary N) is 1. The Morgan fingerprint density at radius 1 is 1.04 bits per heavy atom. The number of piperidine rings is 1. The third-order valence-corrected chi connectivity index (χ3v) is 6.28. The molecule has 1 aromatic heterocycles. The maximum atomic E-state index is 12.6. The summed E-state index contributed by atoms with van der Waals surface area (Å²) >= 11 is 0. The van der Waals surface area contributed by atoms with Crippen LogP contribution in [0.15, 0.2) is 47.5 Å². The quantitative estimate of drug-likeness (QED) is 0.827. The SMILES string of the molecule is O=S(=O)(c1ccc(NCc2ccc(C(F)F)cc2)nc1)N1CCCCC1. The number of rotatable bonds is 6. The Kier molecular flexibility index (Phi) is 5.83. The van der Waals surface area contributed by atoms with E-state index in [1.165, 1.54) is 22.6 Å². The van der Waals surface area contributed by atoms with Gasteiger partial charge in [-0.15, -0.1) is 0 Å². The summed E-state index contributed by atoms with van der Waals surface area (Å²) in [6, 6.07) is 9.20. The van der Waals surface area contributed by atoms with Crippen LogP contribution in [0.2, 0.25) is 0 Å². The smallest absolute Gasteiger partial charge is 0.263 e. The zero-order chi connectivity index (χ0) is 18.6. The number of sulfonamides is 1. The Morgan fingerprint density at radius 2 is 1.73 bits per heavy atom. The van der Waals surface area contributed by atoms with E-state index in [1.807, 2.05) is 0 Å². The van der Waals surface area contributed by atoms with E-state index in [0.717, 1.165) is 24.8 Å². The van der Waals surface area contributed by atoms with Crippen molar-refractivity contribution < 1.29 is 17.2 Å². The first kappa shape index (κ1) is 18.7. The number of benzene rings is 1. The van der Waals surface area contributed by atoms with E-state index >= 15 is 0 Å². The Bertz CT molecular complexity index is 819. The molecule has 0 bridgehead atoms. The van der Waals surface area contributed by atoms with Crippen LogP contribution in [0.5, 0.6) is 0 Å². The summed E-state index contributed by atoms with van der Waals surface area (Å²) < 4.78 is 51.7. The molecule has 0 atom stereocenters. The summed E-state index contributed by atoms with van der Waals surface area (Å²) in [5.74, 6) is 0.528. The zero-order valence-electron chi connectivity index (χ0n) is 14.2. The minimum atomic E-state index is -3.49. The van der Waals surface area contributed by atoms with E-state index < -0.39 is 16.4 Å². The predicted octanol–water partition coefficient (Wildman–Crippen LogP) is 3.81. The molecule has 1 aromatic carbocycles. The van der Waals surface area contributed by atoms with Crippen LogP contribution in [-0.4, -0.2) is 30.8 Å². The van der Waals surface area contributed by atoms with Crippen molar-refractivity contribution in [3.63, 3.8) is 0 Å². The summed E-state index contributed by atoms with van der Waals surface area (Å²) in [5, 5.41) is 3.06. The normalized spacial score (nSPS) is 16.0. The molecule has 0 spiro atoms. The van der Waals surface area contributed by atoms with Crippen LogP contribution in [0.1, 0.15) is 36.8 Å². The molecule has 0 amide bonds. The van der Waals surface area contributed by atoms with Gasteiger partial charge in [-0.1, -0.05) is 30.7 Å². The topological polar surface area (TPSA) is 62.3 Å². The van der Waals surface area contributed by atoms with E-state index in [4.69, 9.17) is 0 Å². The van der Waals surface area contributed by atoms with Crippen molar-refractivity contribution in [1.82, 2.24) is 9.29 Å². The zero-order valence-corrected chi connectivity index (χ0v) is 15.1.